The van der Waals surface area contributed by atoms with Gasteiger partial charge in [0.2, 0.25) is 0 Å². The maximum Gasteiger partial charge on any atom is 0.124 e. The molecule has 0 bridgehead atoms. The third kappa shape index (κ3) is 2.31. The van der Waals surface area contributed by atoms with Gasteiger partial charge in [-0.1, -0.05) is 18.2 Å². The average molecular weight is 232 g/mol. The highest BCUT2D eigenvalue weighted by Crippen LogP contribution is 2.31. The second-order valence-corrected chi connectivity index (χ2v) is 5.19. The van der Waals surface area contributed by atoms with Gasteiger partial charge in [0.05, 0.1) is 0 Å². The fraction of sp³-hybridized carbons (Fsp3) is 0.571. The van der Waals surface area contributed by atoms with Gasteiger partial charge in [-0.25, -0.2) is 0 Å². The molecule has 1 aromatic rings. The molecule has 1 atom stereocenters. The standard InChI is InChI=1S/C14H20N2O/c1-16-9-12(10-16)17-14-5-3-2-4-13(14)11-6-7-15-8-11/h2-5,11-12,15H,6-10H2,1H3. The first-order chi connectivity index (χ1) is 8.33. The zero-order valence-electron chi connectivity index (χ0n) is 10.4. The molecule has 0 aromatic heterocycles. The Morgan fingerprint density at radius 1 is 1.29 bits per heavy atom. The minimum absolute atomic E-state index is 0.385. The van der Waals surface area contributed by atoms with Crippen LogP contribution in [0.5, 0.6) is 5.75 Å². The molecule has 3 rings (SSSR count). The minimum atomic E-state index is 0.385. The van der Waals surface area contributed by atoms with Gasteiger partial charge in [0.1, 0.15) is 11.9 Å². The van der Waals surface area contributed by atoms with Crippen LogP contribution in [0.25, 0.3) is 0 Å². The molecule has 1 aromatic carbocycles. The molecule has 17 heavy (non-hydrogen) atoms. The van der Waals surface area contributed by atoms with Crippen LogP contribution in [-0.2, 0) is 0 Å². The second-order valence-electron chi connectivity index (χ2n) is 5.19. The average Bonchev–Trinajstić information content (AvgIpc) is 2.81. The fourth-order valence-corrected chi connectivity index (χ4v) is 2.74. The van der Waals surface area contributed by atoms with E-state index in [0.717, 1.165) is 31.9 Å². The molecule has 2 saturated heterocycles. The van der Waals surface area contributed by atoms with Crippen LogP contribution in [-0.4, -0.2) is 44.2 Å². The molecule has 0 amide bonds. The third-order valence-corrected chi connectivity index (χ3v) is 3.74. The maximum absolute atomic E-state index is 6.09. The molecule has 3 nitrogen and oxygen atoms in total. The Kier molecular flexibility index (Phi) is 3.04. The number of hydrogen-bond donors (Lipinski definition) is 1. The zero-order chi connectivity index (χ0) is 11.7. The lowest BCUT2D eigenvalue weighted by atomic mass is 9.97. The number of nitrogens with zero attached hydrogens (tertiary/aromatic N) is 1. The summed E-state index contributed by atoms with van der Waals surface area (Å²) in [5, 5.41) is 3.42. The molecule has 2 aliphatic rings. The third-order valence-electron chi connectivity index (χ3n) is 3.74. The van der Waals surface area contributed by atoms with Crippen LogP contribution >= 0.6 is 0 Å². The van der Waals surface area contributed by atoms with Crippen molar-refractivity contribution in [3.63, 3.8) is 0 Å². The van der Waals surface area contributed by atoms with Crippen molar-refractivity contribution in [2.45, 2.75) is 18.4 Å². The van der Waals surface area contributed by atoms with Crippen LogP contribution in [0.4, 0.5) is 0 Å². The Hall–Kier alpha value is -1.06. The van der Waals surface area contributed by atoms with Gasteiger partial charge in [-0.15, -0.1) is 0 Å². The topological polar surface area (TPSA) is 24.5 Å². The Balaban J connectivity index is 1.73. The van der Waals surface area contributed by atoms with Crippen LogP contribution < -0.4 is 10.1 Å². The molecule has 1 N–H and O–H groups in total. The van der Waals surface area contributed by atoms with Crippen molar-refractivity contribution in [1.82, 2.24) is 10.2 Å². The first-order valence-corrected chi connectivity index (χ1v) is 6.48. The minimum Gasteiger partial charge on any atom is -0.487 e. The number of rotatable bonds is 3. The van der Waals surface area contributed by atoms with Crippen molar-refractivity contribution in [2.24, 2.45) is 0 Å². The van der Waals surface area contributed by atoms with Crippen LogP contribution in [0, 0.1) is 0 Å². The van der Waals surface area contributed by atoms with Crippen LogP contribution in [0.2, 0.25) is 0 Å². The molecule has 0 radical (unpaired) electrons. The number of para-hydroxylation sites is 1. The van der Waals surface area contributed by atoms with Crippen molar-refractivity contribution >= 4 is 0 Å². The molecule has 3 heteroatoms. The van der Waals surface area contributed by atoms with E-state index in [9.17, 15) is 0 Å². The molecule has 2 fully saturated rings. The van der Waals surface area contributed by atoms with Crippen LogP contribution in [0.1, 0.15) is 17.9 Å². The SMILES string of the molecule is CN1CC(Oc2ccccc2C2CCNC2)C1. The van der Waals surface area contributed by atoms with E-state index in [4.69, 9.17) is 4.74 Å². The fourth-order valence-electron chi connectivity index (χ4n) is 2.74. The van der Waals surface area contributed by atoms with Crippen LogP contribution in [0.3, 0.4) is 0 Å². The smallest absolute Gasteiger partial charge is 0.124 e. The number of benzene rings is 1. The summed E-state index contributed by atoms with van der Waals surface area (Å²) >= 11 is 0. The number of likely N-dealkylation sites (tertiary alicyclic amines) is 1. The van der Waals surface area contributed by atoms with Gasteiger partial charge in [-0.2, -0.15) is 0 Å². The van der Waals surface area contributed by atoms with E-state index in [1.807, 2.05) is 0 Å². The van der Waals surface area contributed by atoms with Gasteiger partial charge in [-0.3, -0.25) is 4.90 Å². The summed E-state index contributed by atoms with van der Waals surface area (Å²) in [5.74, 6) is 1.73. The van der Waals surface area contributed by atoms with Crippen molar-refractivity contribution in [2.75, 3.05) is 33.2 Å². The molecule has 2 aliphatic heterocycles. The van der Waals surface area contributed by atoms with Gasteiger partial charge in [0, 0.05) is 25.6 Å². The number of nitrogens with one attached hydrogen (secondary N) is 1. The van der Waals surface area contributed by atoms with E-state index in [2.05, 4.69) is 41.5 Å². The highest BCUT2D eigenvalue weighted by Gasteiger charge is 2.27. The number of hydrogen-bond acceptors (Lipinski definition) is 3. The Morgan fingerprint density at radius 2 is 2.12 bits per heavy atom. The zero-order valence-corrected chi connectivity index (χ0v) is 10.4. The quantitative estimate of drug-likeness (QED) is 0.854. The van der Waals surface area contributed by atoms with E-state index < -0.39 is 0 Å². The summed E-state index contributed by atoms with van der Waals surface area (Å²) in [6.07, 6.45) is 1.61. The molecular weight excluding hydrogens is 212 g/mol. The summed E-state index contributed by atoms with van der Waals surface area (Å²) in [6.45, 7) is 4.32. The second kappa shape index (κ2) is 4.67. The molecule has 92 valence electrons. The lowest BCUT2D eigenvalue weighted by molar-refractivity contribution is 0.0379. The molecule has 0 saturated carbocycles. The highest BCUT2D eigenvalue weighted by atomic mass is 16.5. The summed E-state index contributed by atoms with van der Waals surface area (Å²) in [5.41, 5.74) is 1.38. The summed E-state index contributed by atoms with van der Waals surface area (Å²) in [6, 6.07) is 8.53. The molecule has 2 heterocycles. The van der Waals surface area contributed by atoms with Crippen LogP contribution in [0.15, 0.2) is 24.3 Å². The first-order valence-electron chi connectivity index (χ1n) is 6.48. The van der Waals surface area contributed by atoms with E-state index in [1.54, 1.807) is 0 Å². The molecule has 0 spiro atoms. The Labute approximate surface area is 103 Å². The largest absolute Gasteiger partial charge is 0.487 e. The molecular formula is C14H20N2O. The Bertz CT molecular complexity index is 382. The first kappa shape index (κ1) is 11.1. The van der Waals surface area contributed by atoms with E-state index in [-0.39, 0.29) is 0 Å². The van der Waals surface area contributed by atoms with Gasteiger partial charge < -0.3 is 10.1 Å². The van der Waals surface area contributed by atoms with E-state index in [1.165, 1.54) is 12.0 Å². The normalized spacial score (nSPS) is 25.8. The lowest BCUT2D eigenvalue weighted by Gasteiger charge is -2.36. The van der Waals surface area contributed by atoms with Crippen molar-refractivity contribution in [3.05, 3.63) is 29.8 Å². The Morgan fingerprint density at radius 3 is 2.82 bits per heavy atom. The van der Waals surface area contributed by atoms with Gasteiger partial charge in [0.25, 0.3) is 0 Å². The van der Waals surface area contributed by atoms with Crippen molar-refractivity contribution in [1.29, 1.82) is 0 Å². The highest BCUT2D eigenvalue weighted by molar-refractivity contribution is 5.37. The number of ether oxygens (including phenoxy) is 1. The summed E-state index contributed by atoms with van der Waals surface area (Å²) < 4.78 is 6.09. The van der Waals surface area contributed by atoms with E-state index in [0.29, 0.717) is 12.0 Å². The predicted molar refractivity (Wildman–Crippen MR) is 68.6 cm³/mol. The molecule has 1 unspecified atom stereocenters. The maximum atomic E-state index is 6.09. The van der Waals surface area contributed by atoms with Crippen molar-refractivity contribution < 1.29 is 4.74 Å². The van der Waals surface area contributed by atoms with Gasteiger partial charge in [-0.05, 0) is 31.6 Å². The number of likely N-dealkylation sites (N-methyl/N-ethyl adjacent to an activating group) is 1. The van der Waals surface area contributed by atoms with E-state index >= 15 is 0 Å². The van der Waals surface area contributed by atoms with Gasteiger partial charge >= 0.3 is 0 Å². The monoisotopic (exact) mass is 232 g/mol. The van der Waals surface area contributed by atoms with Gasteiger partial charge in [0.15, 0.2) is 0 Å². The predicted octanol–water partition coefficient (Wildman–Crippen LogP) is 1.46. The summed E-state index contributed by atoms with van der Waals surface area (Å²) in [4.78, 5) is 2.28. The molecule has 0 aliphatic carbocycles. The lowest BCUT2D eigenvalue weighted by Crippen LogP contribution is -2.51. The van der Waals surface area contributed by atoms with Crippen molar-refractivity contribution in [3.8, 4) is 5.75 Å². The summed E-state index contributed by atoms with van der Waals surface area (Å²) in [7, 11) is 2.13.